The Hall–Kier alpha value is -0.120. The van der Waals surface area contributed by atoms with Crippen LogP contribution in [0.3, 0.4) is 0 Å². The van der Waals surface area contributed by atoms with E-state index in [1.165, 1.54) is 12.8 Å². The van der Waals surface area contributed by atoms with Gasteiger partial charge in [-0.1, -0.05) is 13.8 Å². The summed E-state index contributed by atoms with van der Waals surface area (Å²) in [5.41, 5.74) is 0. The standard InChI is InChI=1S/C11H25NO2/c1-10(2)6-5-7-12-8-11(14-4)9-13-3/h10-12H,5-9H2,1-4H3. The third kappa shape index (κ3) is 8.48. The van der Waals surface area contributed by atoms with E-state index in [0.717, 1.165) is 19.0 Å². The molecule has 0 aromatic heterocycles. The molecule has 0 saturated carbocycles. The zero-order valence-corrected chi connectivity index (χ0v) is 10.0. The second-order valence-electron chi connectivity index (χ2n) is 4.05. The average Bonchev–Trinajstić information content (AvgIpc) is 2.15. The Labute approximate surface area is 88.2 Å². The van der Waals surface area contributed by atoms with Crippen molar-refractivity contribution in [1.82, 2.24) is 5.32 Å². The number of hydrogen-bond acceptors (Lipinski definition) is 3. The molecule has 0 aliphatic heterocycles. The van der Waals surface area contributed by atoms with Crippen LogP contribution in [0, 0.1) is 5.92 Å². The van der Waals surface area contributed by atoms with Gasteiger partial charge in [0.2, 0.25) is 0 Å². The van der Waals surface area contributed by atoms with Crippen molar-refractivity contribution < 1.29 is 9.47 Å². The van der Waals surface area contributed by atoms with Crippen LogP contribution in [0.2, 0.25) is 0 Å². The fraction of sp³-hybridized carbons (Fsp3) is 1.00. The topological polar surface area (TPSA) is 30.5 Å². The van der Waals surface area contributed by atoms with Gasteiger partial charge in [0.05, 0.1) is 12.7 Å². The molecular weight excluding hydrogens is 178 g/mol. The molecule has 0 heterocycles. The first-order chi connectivity index (χ1) is 6.70. The number of methoxy groups -OCH3 is 2. The second-order valence-corrected chi connectivity index (χ2v) is 4.05. The molecule has 0 fully saturated rings. The van der Waals surface area contributed by atoms with Crippen molar-refractivity contribution in [3.8, 4) is 0 Å². The summed E-state index contributed by atoms with van der Waals surface area (Å²) in [6, 6.07) is 0. The molecule has 0 aliphatic rings. The van der Waals surface area contributed by atoms with Crippen LogP contribution in [-0.2, 0) is 9.47 Å². The minimum Gasteiger partial charge on any atom is -0.382 e. The van der Waals surface area contributed by atoms with Gasteiger partial charge in [0.15, 0.2) is 0 Å². The third-order valence-electron chi connectivity index (χ3n) is 2.19. The predicted molar refractivity (Wildman–Crippen MR) is 59.6 cm³/mol. The quantitative estimate of drug-likeness (QED) is 0.578. The monoisotopic (exact) mass is 203 g/mol. The van der Waals surface area contributed by atoms with Crippen LogP contribution in [0.4, 0.5) is 0 Å². The van der Waals surface area contributed by atoms with Crippen LogP contribution in [0.15, 0.2) is 0 Å². The van der Waals surface area contributed by atoms with Gasteiger partial charge in [-0.15, -0.1) is 0 Å². The van der Waals surface area contributed by atoms with Gasteiger partial charge in [-0.3, -0.25) is 0 Å². The number of rotatable bonds is 9. The van der Waals surface area contributed by atoms with E-state index in [-0.39, 0.29) is 6.10 Å². The summed E-state index contributed by atoms with van der Waals surface area (Å²) in [4.78, 5) is 0. The van der Waals surface area contributed by atoms with E-state index in [1.54, 1.807) is 14.2 Å². The van der Waals surface area contributed by atoms with E-state index < -0.39 is 0 Å². The molecule has 86 valence electrons. The molecule has 0 bridgehead atoms. The Morgan fingerprint density at radius 1 is 1.21 bits per heavy atom. The van der Waals surface area contributed by atoms with Gasteiger partial charge in [0.25, 0.3) is 0 Å². The van der Waals surface area contributed by atoms with Crippen molar-refractivity contribution in [2.45, 2.75) is 32.8 Å². The average molecular weight is 203 g/mol. The van der Waals surface area contributed by atoms with E-state index in [2.05, 4.69) is 19.2 Å². The molecule has 0 amide bonds. The molecule has 1 unspecified atom stereocenters. The SMILES string of the molecule is COCC(CNCCCC(C)C)OC. The molecule has 14 heavy (non-hydrogen) atoms. The lowest BCUT2D eigenvalue weighted by molar-refractivity contribution is 0.0290. The fourth-order valence-corrected chi connectivity index (χ4v) is 1.29. The molecule has 0 aromatic carbocycles. The lowest BCUT2D eigenvalue weighted by Crippen LogP contribution is -2.32. The molecule has 0 aliphatic carbocycles. The van der Waals surface area contributed by atoms with E-state index >= 15 is 0 Å². The van der Waals surface area contributed by atoms with Crippen LogP contribution in [0.1, 0.15) is 26.7 Å². The molecule has 0 saturated heterocycles. The van der Waals surface area contributed by atoms with Gasteiger partial charge in [-0.2, -0.15) is 0 Å². The van der Waals surface area contributed by atoms with Crippen molar-refractivity contribution in [2.24, 2.45) is 5.92 Å². The Morgan fingerprint density at radius 3 is 2.43 bits per heavy atom. The lowest BCUT2D eigenvalue weighted by Gasteiger charge is -2.15. The van der Waals surface area contributed by atoms with E-state index in [4.69, 9.17) is 9.47 Å². The summed E-state index contributed by atoms with van der Waals surface area (Å²) in [7, 11) is 3.42. The summed E-state index contributed by atoms with van der Waals surface area (Å²) in [6.45, 7) is 7.11. The van der Waals surface area contributed by atoms with Crippen molar-refractivity contribution in [2.75, 3.05) is 33.9 Å². The number of ether oxygens (including phenoxy) is 2. The summed E-state index contributed by atoms with van der Waals surface area (Å²) in [6.07, 6.45) is 2.70. The maximum absolute atomic E-state index is 5.23. The van der Waals surface area contributed by atoms with Gasteiger partial charge in [0.1, 0.15) is 0 Å². The maximum Gasteiger partial charge on any atom is 0.0928 e. The van der Waals surface area contributed by atoms with E-state index in [9.17, 15) is 0 Å². The molecule has 1 atom stereocenters. The van der Waals surface area contributed by atoms with E-state index in [1.807, 2.05) is 0 Å². The normalized spacial score (nSPS) is 13.5. The first-order valence-corrected chi connectivity index (χ1v) is 5.43. The molecule has 0 spiro atoms. The van der Waals surface area contributed by atoms with Gasteiger partial charge in [0, 0.05) is 20.8 Å². The van der Waals surface area contributed by atoms with Crippen LogP contribution in [0.25, 0.3) is 0 Å². The molecular formula is C11H25NO2. The van der Waals surface area contributed by atoms with Crippen LogP contribution >= 0.6 is 0 Å². The second kappa shape index (κ2) is 9.44. The molecule has 0 radical (unpaired) electrons. The Balaban J connectivity index is 3.24. The Morgan fingerprint density at radius 2 is 1.93 bits per heavy atom. The minimum absolute atomic E-state index is 0.180. The highest BCUT2D eigenvalue weighted by molar-refractivity contribution is 4.60. The highest BCUT2D eigenvalue weighted by atomic mass is 16.5. The summed E-state index contributed by atoms with van der Waals surface area (Å²) < 4.78 is 10.3. The Bertz CT molecular complexity index is 118. The summed E-state index contributed by atoms with van der Waals surface area (Å²) in [5.74, 6) is 0.800. The van der Waals surface area contributed by atoms with Crippen molar-refractivity contribution in [3.63, 3.8) is 0 Å². The van der Waals surface area contributed by atoms with Crippen molar-refractivity contribution in [3.05, 3.63) is 0 Å². The number of nitrogens with one attached hydrogen (secondary N) is 1. The zero-order chi connectivity index (χ0) is 10.8. The minimum atomic E-state index is 0.180. The first kappa shape index (κ1) is 13.9. The van der Waals surface area contributed by atoms with E-state index in [0.29, 0.717) is 6.61 Å². The fourth-order valence-electron chi connectivity index (χ4n) is 1.29. The largest absolute Gasteiger partial charge is 0.382 e. The molecule has 0 aromatic rings. The smallest absolute Gasteiger partial charge is 0.0928 e. The van der Waals surface area contributed by atoms with Crippen LogP contribution in [-0.4, -0.2) is 40.0 Å². The lowest BCUT2D eigenvalue weighted by atomic mass is 10.1. The molecule has 3 heteroatoms. The third-order valence-corrected chi connectivity index (χ3v) is 2.19. The van der Waals surface area contributed by atoms with Gasteiger partial charge in [-0.05, 0) is 25.3 Å². The van der Waals surface area contributed by atoms with Crippen molar-refractivity contribution >= 4 is 0 Å². The maximum atomic E-state index is 5.23. The van der Waals surface area contributed by atoms with Crippen LogP contribution in [0.5, 0.6) is 0 Å². The Kier molecular flexibility index (Phi) is 9.35. The molecule has 0 rings (SSSR count). The van der Waals surface area contributed by atoms with Gasteiger partial charge < -0.3 is 14.8 Å². The summed E-state index contributed by atoms with van der Waals surface area (Å²) >= 11 is 0. The van der Waals surface area contributed by atoms with Crippen LogP contribution < -0.4 is 5.32 Å². The first-order valence-electron chi connectivity index (χ1n) is 5.43. The number of hydrogen-bond donors (Lipinski definition) is 1. The van der Waals surface area contributed by atoms with Crippen molar-refractivity contribution in [1.29, 1.82) is 0 Å². The van der Waals surface area contributed by atoms with Gasteiger partial charge in [-0.25, -0.2) is 0 Å². The highest BCUT2D eigenvalue weighted by Gasteiger charge is 2.05. The predicted octanol–water partition coefficient (Wildman–Crippen LogP) is 1.67. The highest BCUT2D eigenvalue weighted by Crippen LogP contribution is 2.01. The molecule has 3 nitrogen and oxygen atoms in total. The molecule has 1 N–H and O–H groups in total. The summed E-state index contributed by atoms with van der Waals surface area (Å²) in [5, 5.41) is 3.37. The zero-order valence-electron chi connectivity index (χ0n) is 10.0. The van der Waals surface area contributed by atoms with Gasteiger partial charge >= 0.3 is 0 Å².